The number of benzene rings is 1. The van der Waals surface area contributed by atoms with Gasteiger partial charge in [-0.3, -0.25) is 4.79 Å². The van der Waals surface area contributed by atoms with Crippen LogP contribution < -0.4 is 10.2 Å². The van der Waals surface area contributed by atoms with Crippen LogP contribution in [-0.2, 0) is 4.79 Å². The van der Waals surface area contributed by atoms with Crippen LogP contribution in [0.3, 0.4) is 0 Å². The number of piperidine rings is 1. The lowest BCUT2D eigenvalue weighted by atomic mass is 9.85. The minimum absolute atomic E-state index is 0.171. The molecule has 30 heavy (non-hydrogen) atoms. The Balaban J connectivity index is 1.53. The van der Waals surface area contributed by atoms with E-state index in [1.807, 2.05) is 19.1 Å². The first-order valence-corrected chi connectivity index (χ1v) is 10.3. The van der Waals surface area contributed by atoms with Crippen LogP contribution in [0.5, 0.6) is 0 Å². The molecule has 0 aliphatic carbocycles. The Morgan fingerprint density at radius 2 is 1.77 bits per heavy atom. The monoisotopic (exact) mass is 406 g/mol. The van der Waals surface area contributed by atoms with E-state index in [0.717, 1.165) is 30.2 Å². The Hall–Kier alpha value is -3.29. The number of carbonyl (C=O) groups is 1. The van der Waals surface area contributed by atoms with E-state index in [2.05, 4.69) is 25.5 Å². The van der Waals surface area contributed by atoms with E-state index < -0.39 is 0 Å². The van der Waals surface area contributed by atoms with Crippen molar-refractivity contribution in [3.8, 4) is 5.82 Å². The quantitative estimate of drug-likeness (QED) is 0.720. The fraction of sp³-hybridized carbons (Fsp3) is 0.364. The molecule has 1 atom stereocenters. The van der Waals surface area contributed by atoms with E-state index in [0.29, 0.717) is 17.2 Å². The van der Waals surface area contributed by atoms with Gasteiger partial charge in [-0.15, -0.1) is 10.2 Å². The van der Waals surface area contributed by atoms with Crippen LogP contribution in [0.2, 0.25) is 0 Å². The highest BCUT2D eigenvalue weighted by Crippen LogP contribution is 2.40. The number of carbonyl (C=O) groups excluding carboxylic acids is 1. The van der Waals surface area contributed by atoms with Gasteiger partial charge in [-0.1, -0.05) is 18.2 Å². The Bertz CT molecular complexity index is 1090. The van der Waals surface area contributed by atoms with Gasteiger partial charge < -0.3 is 10.2 Å². The average molecular weight is 406 g/mol. The first kappa shape index (κ1) is 18.7. The molecular formula is C22H23FN6O. The highest BCUT2D eigenvalue weighted by atomic mass is 19.1. The summed E-state index contributed by atoms with van der Waals surface area (Å²) in [5.74, 6) is 1.04. The molecular weight excluding hydrogens is 383 g/mol. The van der Waals surface area contributed by atoms with E-state index >= 15 is 0 Å². The number of rotatable bonds is 3. The number of amides is 1. The van der Waals surface area contributed by atoms with Crippen LogP contribution in [0.1, 0.15) is 48.4 Å². The minimum atomic E-state index is -0.385. The van der Waals surface area contributed by atoms with E-state index in [9.17, 15) is 9.18 Å². The first-order chi connectivity index (χ1) is 14.6. The summed E-state index contributed by atoms with van der Waals surface area (Å²) in [6.45, 7) is 3.85. The highest BCUT2D eigenvalue weighted by Gasteiger charge is 2.34. The lowest BCUT2D eigenvalue weighted by molar-refractivity contribution is -0.116. The summed E-state index contributed by atoms with van der Waals surface area (Å²) in [5, 5.41) is 16.3. The third-order valence-electron chi connectivity index (χ3n) is 5.92. The number of anilines is 2. The molecule has 0 saturated carbocycles. The fourth-order valence-corrected chi connectivity index (χ4v) is 4.46. The van der Waals surface area contributed by atoms with Gasteiger partial charge in [0.1, 0.15) is 11.6 Å². The molecule has 1 saturated heterocycles. The molecule has 2 aliphatic rings. The van der Waals surface area contributed by atoms with Crippen LogP contribution in [0, 0.1) is 12.7 Å². The van der Waals surface area contributed by atoms with Crippen LogP contribution >= 0.6 is 0 Å². The van der Waals surface area contributed by atoms with Gasteiger partial charge in [0.15, 0.2) is 11.6 Å². The summed E-state index contributed by atoms with van der Waals surface area (Å²) in [4.78, 5) is 14.7. The van der Waals surface area contributed by atoms with Gasteiger partial charge in [0.25, 0.3) is 0 Å². The molecule has 1 aromatic carbocycles. The highest BCUT2D eigenvalue weighted by molar-refractivity contribution is 5.95. The van der Waals surface area contributed by atoms with E-state index in [-0.39, 0.29) is 24.1 Å². The van der Waals surface area contributed by atoms with Gasteiger partial charge in [-0.05, 0) is 49.9 Å². The third kappa shape index (κ3) is 3.22. The molecule has 2 aliphatic heterocycles. The average Bonchev–Trinajstić information content (AvgIpc) is 3.10. The molecule has 0 bridgehead atoms. The van der Waals surface area contributed by atoms with E-state index in [1.54, 1.807) is 22.9 Å². The molecule has 154 valence electrons. The van der Waals surface area contributed by atoms with Crippen molar-refractivity contribution in [2.75, 3.05) is 23.3 Å². The molecule has 0 radical (unpaired) electrons. The predicted molar refractivity (Wildman–Crippen MR) is 111 cm³/mol. The number of nitrogens with zero attached hydrogens (tertiary/aromatic N) is 5. The van der Waals surface area contributed by atoms with Crippen molar-refractivity contribution >= 4 is 17.5 Å². The van der Waals surface area contributed by atoms with Crippen LogP contribution in [0.15, 0.2) is 36.4 Å². The second kappa shape index (κ2) is 7.51. The van der Waals surface area contributed by atoms with E-state index in [4.69, 9.17) is 0 Å². The Kier molecular flexibility index (Phi) is 4.69. The number of aryl methyl sites for hydroxylation is 1. The van der Waals surface area contributed by atoms with Gasteiger partial charge in [0.2, 0.25) is 5.91 Å². The second-order valence-corrected chi connectivity index (χ2v) is 7.88. The zero-order chi connectivity index (χ0) is 20.7. The molecule has 7 nitrogen and oxygen atoms in total. The zero-order valence-electron chi connectivity index (χ0n) is 16.8. The second-order valence-electron chi connectivity index (χ2n) is 7.88. The third-order valence-corrected chi connectivity index (χ3v) is 5.92. The van der Waals surface area contributed by atoms with Gasteiger partial charge in [-0.2, -0.15) is 9.78 Å². The van der Waals surface area contributed by atoms with Crippen LogP contribution in [0.25, 0.3) is 5.82 Å². The number of hydrogen-bond donors (Lipinski definition) is 1. The maximum Gasteiger partial charge on any atom is 0.226 e. The van der Waals surface area contributed by atoms with Crippen molar-refractivity contribution in [2.45, 2.75) is 38.5 Å². The summed E-state index contributed by atoms with van der Waals surface area (Å²) >= 11 is 0. The molecule has 0 unspecified atom stereocenters. The molecule has 4 heterocycles. The van der Waals surface area contributed by atoms with Crippen molar-refractivity contribution < 1.29 is 9.18 Å². The van der Waals surface area contributed by atoms with Crippen molar-refractivity contribution in [1.82, 2.24) is 20.0 Å². The van der Waals surface area contributed by atoms with Crippen molar-refractivity contribution in [2.24, 2.45) is 0 Å². The summed E-state index contributed by atoms with van der Waals surface area (Å²) < 4.78 is 16.1. The number of nitrogens with one attached hydrogen (secondary N) is 1. The smallest absolute Gasteiger partial charge is 0.226 e. The molecule has 1 amide bonds. The largest absolute Gasteiger partial charge is 0.355 e. The van der Waals surface area contributed by atoms with Gasteiger partial charge in [0, 0.05) is 31.0 Å². The number of halogens is 1. The molecule has 0 spiro atoms. The van der Waals surface area contributed by atoms with E-state index in [1.165, 1.54) is 25.3 Å². The molecule has 5 rings (SSSR count). The number of aromatic nitrogens is 4. The number of fused-ring (bicyclic) bond motifs is 1. The summed E-state index contributed by atoms with van der Waals surface area (Å²) in [6, 6.07) is 10.4. The minimum Gasteiger partial charge on any atom is -0.355 e. The molecule has 8 heteroatoms. The lowest BCUT2D eigenvalue weighted by Crippen LogP contribution is -2.30. The van der Waals surface area contributed by atoms with Gasteiger partial charge >= 0.3 is 0 Å². The zero-order valence-corrected chi connectivity index (χ0v) is 16.8. The molecule has 1 N–H and O–H groups in total. The van der Waals surface area contributed by atoms with Crippen LogP contribution in [-0.4, -0.2) is 39.0 Å². The standard InChI is InChI=1S/C22H23FN6O/c1-14-21-16(15-7-3-4-8-17(15)23)13-20(30)24-22(21)29(27-14)19-10-9-18(25-26-19)28-11-5-2-6-12-28/h3-4,7-10,16H,2,5-6,11-13H2,1H3,(H,24,30)/t16-/m0/s1. The lowest BCUT2D eigenvalue weighted by Gasteiger charge is -2.27. The molecule has 1 fully saturated rings. The maximum atomic E-state index is 14.5. The van der Waals surface area contributed by atoms with Gasteiger partial charge in [0.05, 0.1) is 5.69 Å². The van der Waals surface area contributed by atoms with Gasteiger partial charge in [-0.25, -0.2) is 4.39 Å². The first-order valence-electron chi connectivity index (χ1n) is 10.3. The molecule has 3 aromatic rings. The number of hydrogen-bond acceptors (Lipinski definition) is 5. The van der Waals surface area contributed by atoms with Crippen LogP contribution in [0.4, 0.5) is 16.0 Å². The van der Waals surface area contributed by atoms with Crippen molar-refractivity contribution in [3.05, 3.63) is 59.0 Å². The SMILES string of the molecule is Cc1nn(-c2ccc(N3CCCCC3)nn2)c2c1[C@H](c1ccccc1F)CC(=O)N2. The Labute approximate surface area is 173 Å². The molecule has 2 aromatic heterocycles. The Morgan fingerprint density at radius 3 is 2.50 bits per heavy atom. The Morgan fingerprint density at radius 1 is 1.03 bits per heavy atom. The predicted octanol–water partition coefficient (Wildman–Crippen LogP) is 3.57. The summed E-state index contributed by atoms with van der Waals surface area (Å²) in [5.41, 5.74) is 2.06. The summed E-state index contributed by atoms with van der Waals surface area (Å²) in [6.07, 6.45) is 3.77. The fourth-order valence-electron chi connectivity index (χ4n) is 4.46. The van der Waals surface area contributed by atoms with Crippen molar-refractivity contribution in [1.29, 1.82) is 0 Å². The van der Waals surface area contributed by atoms with Crippen molar-refractivity contribution in [3.63, 3.8) is 0 Å². The maximum absolute atomic E-state index is 14.5. The summed E-state index contributed by atoms with van der Waals surface area (Å²) in [7, 11) is 0. The normalized spacial score (nSPS) is 18.8. The topological polar surface area (TPSA) is 75.9 Å².